The van der Waals surface area contributed by atoms with E-state index in [0.29, 0.717) is 91.5 Å². The third-order valence-corrected chi connectivity index (χ3v) is 19.6. The van der Waals surface area contributed by atoms with Gasteiger partial charge < -0.3 is 58.4 Å². The second kappa shape index (κ2) is 31.1. The van der Waals surface area contributed by atoms with Crippen LogP contribution in [0.4, 0.5) is 16.3 Å². The number of piperidine rings is 1. The van der Waals surface area contributed by atoms with E-state index in [0.717, 1.165) is 157 Å². The maximum absolute atomic E-state index is 14.7. The molecule has 3 saturated heterocycles. The molecule has 4 fully saturated rings. The number of thiazole rings is 1. The van der Waals surface area contributed by atoms with Crippen molar-refractivity contribution in [2.45, 2.75) is 128 Å². The van der Waals surface area contributed by atoms with Crippen LogP contribution in [0.5, 0.6) is 17.5 Å². The predicted octanol–water partition coefficient (Wildman–Crippen LogP) is 9.97. The number of likely N-dealkylation sites (tertiary alicyclic amines) is 2. The molecule has 6 aromatic rings. The van der Waals surface area contributed by atoms with E-state index in [1.807, 2.05) is 58.3 Å². The number of piperazine rings is 1. The van der Waals surface area contributed by atoms with Crippen LogP contribution < -0.4 is 24.6 Å². The van der Waals surface area contributed by atoms with Crippen molar-refractivity contribution in [2.24, 2.45) is 5.92 Å². The second-order valence-electron chi connectivity index (χ2n) is 26.0. The Labute approximate surface area is 550 Å². The molecule has 6 heterocycles. The van der Waals surface area contributed by atoms with Gasteiger partial charge in [0.2, 0.25) is 17.7 Å². The lowest BCUT2D eigenvalue weighted by Crippen LogP contribution is -2.56. The minimum absolute atomic E-state index is 0.00465. The average molecular weight is 1290 g/mol. The zero-order chi connectivity index (χ0) is 65.0. The Kier molecular flexibility index (Phi) is 22.3. The van der Waals surface area contributed by atoms with Crippen LogP contribution in [0.25, 0.3) is 32.8 Å². The van der Waals surface area contributed by atoms with Crippen LogP contribution in [0.2, 0.25) is 0 Å². The predicted molar refractivity (Wildman–Crippen MR) is 360 cm³/mol. The Hall–Kier alpha value is -7.63. The molecule has 11 rings (SSSR count). The van der Waals surface area contributed by atoms with E-state index in [9.17, 15) is 24.3 Å². The van der Waals surface area contributed by atoms with Crippen LogP contribution in [0.1, 0.15) is 108 Å². The summed E-state index contributed by atoms with van der Waals surface area (Å²) in [6.45, 7) is 20.7. The second-order valence-corrected chi connectivity index (χ2v) is 26.9. The van der Waals surface area contributed by atoms with Crippen LogP contribution >= 0.6 is 11.3 Å². The van der Waals surface area contributed by atoms with E-state index in [4.69, 9.17) is 43.4 Å². The molecule has 0 bridgehead atoms. The first-order chi connectivity index (χ1) is 45.1. The number of phenols is 1. The molecule has 3 atom stereocenters. The lowest BCUT2D eigenvalue weighted by Gasteiger charge is -2.38. The van der Waals surface area contributed by atoms with Crippen LogP contribution in [-0.4, -0.2) is 199 Å². The Morgan fingerprint density at radius 2 is 1.48 bits per heavy atom. The summed E-state index contributed by atoms with van der Waals surface area (Å²) < 4.78 is 36.2. The van der Waals surface area contributed by atoms with Gasteiger partial charge in [0.25, 0.3) is 0 Å². The summed E-state index contributed by atoms with van der Waals surface area (Å²) in [5.74, 6) is 1.34. The number of carbonyl (C=O) groups is 4. The summed E-state index contributed by atoms with van der Waals surface area (Å²) in [5.41, 5.74) is 4.08. The summed E-state index contributed by atoms with van der Waals surface area (Å²) in [7, 11) is 1.55. The molecule has 21 nitrogen and oxygen atoms in total. The van der Waals surface area contributed by atoms with E-state index < -0.39 is 23.8 Å². The van der Waals surface area contributed by atoms with Crippen LogP contribution in [0.3, 0.4) is 0 Å². The van der Waals surface area contributed by atoms with Crippen molar-refractivity contribution in [3.8, 4) is 28.8 Å². The lowest BCUT2D eigenvalue weighted by molar-refractivity contribution is -0.140. The van der Waals surface area contributed by atoms with Gasteiger partial charge in [-0.25, -0.2) is 9.78 Å². The van der Waals surface area contributed by atoms with E-state index in [-0.39, 0.29) is 41.5 Å². The smallest absolute Gasteiger partial charge is 0.410 e. The lowest BCUT2D eigenvalue weighted by atomic mass is 9.83. The highest BCUT2D eigenvalue weighted by Gasteiger charge is 2.41. The summed E-state index contributed by atoms with van der Waals surface area (Å²) in [6.07, 6.45) is 9.96. The van der Waals surface area contributed by atoms with Crippen molar-refractivity contribution < 1.29 is 52.7 Å². The third-order valence-electron chi connectivity index (χ3n) is 18.7. The average Bonchev–Trinajstić information content (AvgIpc) is 1.44. The molecule has 0 radical (unpaired) electrons. The Bertz CT molecular complexity index is 3560. The number of aromatic hydroxyl groups is 1. The van der Waals surface area contributed by atoms with Gasteiger partial charge in [0.15, 0.2) is 0 Å². The van der Waals surface area contributed by atoms with Crippen LogP contribution in [0, 0.1) is 5.92 Å². The molecule has 5 aliphatic rings. The topological polar surface area (TPSA) is 214 Å². The molecule has 2 aromatic heterocycles. The number of benzene rings is 4. The first kappa shape index (κ1) is 66.8. The number of aromatic nitrogens is 3. The molecule has 4 amide bonds. The maximum Gasteiger partial charge on any atom is 0.410 e. The molecular weight excluding hydrogens is 1200 g/mol. The van der Waals surface area contributed by atoms with Gasteiger partial charge in [0.05, 0.1) is 63.1 Å². The number of hydrogen-bond acceptors (Lipinski definition) is 18. The maximum atomic E-state index is 14.7. The molecule has 498 valence electrons. The standard InChI is InChI=1S/C71H92N10O11S/c1-7-63(83)78-32-34-79(35-33-78)65-57-27-31-80(61-45-51(82)44-50-18-11-12-19-53(50)61)46-58(57)73-69(75-65)91-37-36-77-29-25-52(26-30-77)89-42-40-87-38-39-88-41-43-90-62-24-23-55(54-20-13-14-21-56(54)62)59-47-93-67(72-59)60-22-15-28-81(60)68(85)64(49-16-9-8-10-17-49)74-66(84)48(2)76(6)70(86)92-71(3,4)5/h7,11-14,18-21,23-24,44-45,47-49,52,60,64,82H,1,8-10,15-17,22,25-43,46H2,2-6H3,(H,74,84)/t48-,60-,64-/m0/s1. The van der Waals surface area contributed by atoms with Gasteiger partial charge in [0, 0.05) is 105 Å². The van der Waals surface area contributed by atoms with Crippen molar-refractivity contribution in [1.29, 1.82) is 0 Å². The normalized spacial score (nSPS) is 18.3. The van der Waals surface area contributed by atoms with Gasteiger partial charge in [-0.1, -0.05) is 74.4 Å². The number of nitrogens with one attached hydrogen (secondary N) is 1. The van der Waals surface area contributed by atoms with E-state index in [1.165, 1.54) is 11.0 Å². The number of anilines is 2. The molecule has 22 heteroatoms. The van der Waals surface area contributed by atoms with Crippen molar-refractivity contribution in [2.75, 3.05) is 122 Å². The minimum atomic E-state index is -0.835. The molecule has 4 aliphatic heterocycles. The zero-order valence-corrected chi connectivity index (χ0v) is 55.5. The highest BCUT2D eigenvalue weighted by Crippen LogP contribution is 2.41. The monoisotopic (exact) mass is 1290 g/mol. The van der Waals surface area contributed by atoms with Gasteiger partial charge >= 0.3 is 12.1 Å². The van der Waals surface area contributed by atoms with Crippen molar-refractivity contribution >= 4 is 68.2 Å². The van der Waals surface area contributed by atoms with Gasteiger partial charge in [-0.05, 0) is 114 Å². The minimum Gasteiger partial charge on any atom is -0.508 e. The van der Waals surface area contributed by atoms with Gasteiger partial charge in [-0.15, -0.1) is 11.3 Å². The highest BCUT2D eigenvalue weighted by atomic mass is 32.1. The van der Waals surface area contributed by atoms with Crippen LogP contribution in [-0.2, 0) is 46.3 Å². The highest BCUT2D eigenvalue weighted by molar-refractivity contribution is 7.10. The number of carbonyl (C=O) groups excluding carboxylic acids is 4. The Morgan fingerprint density at radius 1 is 0.763 bits per heavy atom. The van der Waals surface area contributed by atoms with E-state index >= 15 is 0 Å². The van der Waals surface area contributed by atoms with Gasteiger partial charge in [-0.2, -0.15) is 9.97 Å². The number of rotatable bonds is 25. The van der Waals surface area contributed by atoms with Gasteiger partial charge in [-0.3, -0.25) is 24.2 Å². The third kappa shape index (κ3) is 16.7. The van der Waals surface area contributed by atoms with Crippen molar-refractivity contribution in [1.82, 2.24) is 39.9 Å². The Morgan fingerprint density at radius 3 is 2.24 bits per heavy atom. The summed E-state index contributed by atoms with van der Waals surface area (Å²) in [4.78, 5) is 81.0. The summed E-state index contributed by atoms with van der Waals surface area (Å²) in [6, 6.07) is 22.5. The van der Waals surface area contributed by atoms with Crippen molar-refractivity contribution in [3.05, 3.63) is 107 Å². The molecule has 0 spiro atoms. The molecule has 93 heavy (non-hydrogen) atoms. The SMILES string of the molecule is C=CC(=O)N1CCN(c2nc(OCCN3CCC(OCCOCCOCCOc4ccc(-c5csc([C@@H]6CCCN6C(=O)[C@@H](NC(=O)[C@H](C)N(C)C(=O)OC(C)(C)C)C6CCCCC6)n5)c5ccccc45)CC3)nc3c2CCN(c2cc(O)cc4ccccc24)C3)CC1. The van der Waals surface area contributed by atoms with E-state index in [1.54, 1.807) is 52.1 Å². The van der Waals surface area contributed by atoms with Crippen molar-refractivity contribution in [3.63, 3.8) is 0 Å². The summed E-state index contributed by atoms with van der Waals surface area (Å²) in [5, 5.41) is 20.8. The number of likely N-dealkylation sites (N-methyl/N-ethyl adjacent to an activating group) is 1. The molecule has 4 aromatic carbocycles. The largest absolute Gasteiger partial charge is 0.508 e. The quantitative estimate of drug-likeness (QED) is 0.0403. The van der Waals surface area contributed by atoms with E-state index in [2.05, 4.69) is 50.2 Å². The number of nitrogens with zero attached hydrogens (tertiary/aromatic N) is 9. The molecule has 1 aliphatic carbocycles. The molecule has 0 unspecified atom stereocenters. The fourth-order valence-electron chi connectivity index (χ4n) is 13.5. The molecule has 2 N–H and O–H groups in total. The number of phenolic OH excluding ortho intramolecular Hbond substituents is 1. The first-order valence-electron chi connectivity index (χ1n) is 33.4. The molecule has 1 saturated carbocycles. The molecular formula is C71H92N10O11S. The van der Waals surface area contributed by atoms with Crippen LogP contribution in [0.15, 0.2) is 90.8 Å². The Balaban J connectivity index is 0.596. The fourth-order valence-corrected chi connectivity index (χ4v) is 14.5. The summed E-state index contributed by atoms with van der Waals surface area (Å²) >= 11 is 1.56. The fraction of sp³-hybridized carbons (Fsp3) is 0.535. The number of hydrogen-bond donors (Lipinski definition) is 2. The number of fused-ring (bicyclic) bond motifs is 3. The van der Waals surface area contributed by atoms with Gasteiger partial charge in [0.1, 0.15) is 53.2 Å². The zero-order valence-electron chi connectivity index (χ0n) is 54.7. The first-order valence-corrected chi connectivity index (χ1v) is 34.3. The number of amides is 4. The number of ether oxygens (including phenoxy) is 6.